The molecule has 0 aromatic carbocycles. The topological polar surface area (TPSA) is 285 Å². The Morgan fingerprint density at radius 2 is 1.00 bits per heavy atom. The number of amides is 7. The molecule has 0 bridgehead atoms. The van der Waals surface area contributed by atoms with E-state index in [0.29, 0.717) is 98.4 Å². The largest absolute Gasteiger partial charge is 0.480 e. The summed E-state index contributed by atoms with van der Waals surface area (Å²) in [5.74, 6) is -4.14. The summed E-state index contributed by atoms with van der Waals surface area (Å²) in [6.45, 7) is 8.18. The van der Waals surface area contributed by atoms with E-state index in [0.717, 1.165) is 6.42 Å². The van der Waals surface area contributed by atoms with E-state index in [2.05, 4.69) is 26.6 Å². The van der Waals surface area contributed by atoms with Gasteiger partial charge < -0.3 is 64.8 Å². The number of nitrogens with zero attached hydrogens (tertiary/aromatic N) is 1. The van der Waals surface area contributed by atoms with Crippen LogP contribution in [0.4, 0.5) is 0 Å². The van der Waals surface area contributed by atoms with Crippen molar-refractivity contribution >= 4 is 47.3 Å². The second-order valence-electron chi connectivity index (χ2n) is 12.9. The van der Waals surface area contributed by atoms with Crippen molar-refractivity contribution in [2.75, 3.05) is 106 Å². The van der Waals surface area contributed by atoms with Gasteiger partial charge in [-0.3, -0.25) is 38.5 Å². The number of rotatable bonds is 37. The van der Waals surface area contributed by atoms with Gasteiger partial charge in [0, 0.05) is 38.1 Å². The number of carboxylic acid groups (broad SMARTS) is 1. The first-order valence-corrected chi connectivity index (χ1v) is 19.6. The fourth-order valence-electron chi connectivity index (χ4n) is 4.70. The lowest BCUT2D eigenvalue weighted by Crippen LogP contribution is -2.54. The van der Waals surface area contributed by atoms with Crippen molar-refractivity contribution in [3.63, 3.8) is 0 Å². The predicted molar refractivity (Wildman–Crippen MR) is 206 cm³/mol. The lowest BCUT2D eigenvalue weighted by atomic mass is 10.2. The van der Waals surface area contributed by atoms with Gasteiger partial charge in [0.05, 0.1) is 79.3 Å². The summed E-state index contributed by atoms with van der Waals surface area (Å²) < 4.78 is 37.3. The maximum absolute atomic E-state index is 12.4. The van der Waals surface area contributed by atoms with Gasteiger partial charge >= 0.3 is 5.97 Å². The van der Waals surface area contributed by atoms with Gasteiger partial charge in [-0.2, -0.15) is 0 Å². The van der Waals surface area contributed by atoms with Crippen molar-refractivity contribution in [2.24, 2.45) is 0 Å². The molecule has 1 heterocycles. The second kappa shape index (κ2) is 33.3. The minimum Gasteiger partial charge on any atom is -0.480 e. The number of ether oxygens (including phenoxy) is 7. The van der Waals surface area contributed by atoms with Crippen LogP contribution in [0.25, 0.3) is 0 Å². The average Bonchev–Trinajstić information content (AvgIpc) is 3.51. The Bertz CT molecular complexity index is 1320. The molecule has 0 spiro atoms. The van der Waals surface area contributed by atoms with Gasteiger partial charge in [0.1, 0.15) is 31.5 Å². The quantitative estimate of drug-likeness (QED) is 0.0219. The van der Waals surface area contributed by atoms with Gasteiger partial charge in [-0.15, -0.1) is 0 Å². The molecule has 3 atom stereocenters. The molecular weight excluding hydrogens is 784 g/mol. The molecule has 1 aliphatic rings. The zero-order valence-electron chi connectivity index (χ0n) is 34.3. The highest BCUT2D eigenvalue weighted by atomic mass is 16.6. The smallest absolute Gasteiger partial charge is 0.329 e. The molecule has 0 saturated heterocycles. The molecule has 0 unspecified atom stereocenters. The molecule has 0 aliphatic carbocycles. The van der Waals surface area contributed by atoms with Crippen LogP contribution >= 0.6 is 0 Å². The predicted octanol–water partition coefficient (Wildman–Crippen LogP) is -2.23. The van der Waals surface area contributed by atoms with Crippen LogP contribution in [0.5, 0.6) is 0 Å². The van der Waals surface area contributed by atoms with Crippen molar-refractivity contribution in [1.29, 1.82) is 0 Å². The van der Waals surface area contributed by atoms with Crippen LogP contribution in [-0.2, 0) is 71.5 Å². The third-order valence-corrected chi connectivity index (χ3v) is 7.94. The molecule has 7 amide bonds. The second-order valence-corrected chi connectivity index (χ2v) is 12.9. The highest BCUT2D eigenvalue weighted by molar-refractivity contribution is 6.12. The maximum Gasteiger partial charge on any atom is 0.329 e. The van der Waals surface area contributed by atoms with Crippen molar-refractivity contribution in [3.05, 3.63) is 12.2 Å². The lowest BCUT2D eigenvalue weighted by Gasteiger charge is -2.20. The number of carboxylic acids is 1. The fourth-order valence-corrected chi connectivity index (χ4v) is 4.70. The Hall–Kier alpha value is -4.58. The monoisotopic (exact) mass is 846 g/mol. The fraction of sp³-hybridized carbons (Fsp3) is 0.730. The molecule has 59 heavy (non-hydrogen) atoms. The molecule has 0 radical (unpaired) electrons. The summed E-state index contributed by atoms with van der Waals surface area (Å²) in [5, 5.41) is 21.0. The van der Waals surface area contributed by atoms with Crippen molar-refractivity contribution < 1.29 is 76.6 Å². The van der Waals surface area contributed by atoms with E-state index in [1.165, 1.54) is 37.8 Å². The van der Waals surface area contributed by atoms with Gasteiger partial charge in [-0.05, 0) is 33.6 Å². The SMILES string of the molecule is C[C@H](NC(=O)CCOCCOCCOCCOCCOCCOCCNC(=O)CCCCCN1C(=O)C=CC1=O)C(=O)N[C@H](C)C(=O)N[C@@H](C)C(=O)NCOCC(=O)O. The molecule has 1 rings (SSSR count). The number of carbonyl (C=O) groups excluding carboxylic acids is 7. The molecule has 1 aliphatic heterocycles. The van der Waals surface area contributed by atoms with Gasteiger partial charge in [-0.25, -0.2) is 4.79 Å². The Morgan fingerprint density at radius 1 is 0.542 bits per heavy atom. The van der Waals surface area contributed by atoms with E-state index < -0.39 is 54.3 Å². The van der Waals surface area contributed by atoms with Crippen LogP contribution in [0.15, 0.2) is 12.2 Å². The van der Waals surface area contributed by atoms with Crippen LogP contribution in [0.3, 0.4) is 0 Å². The Morgan fingerprint density at radius 3 is 1.51 bits per heavy atom. The number of hydrogen-bond acceptors (Lipinski definition) is 15. The average molecular weight is 847 g/mol. The highest BCUT2D eigenvalue weighted by Crippen LogP contribution is 2.07. The van der Waals surface area contributed by atoms with Gasteiger partial charge in [0.25, 0.3) is 11.8 Å². The van der Waals surface area contributed by atoms with Crippen LogP contribution in [0.2, 0.25) is 0 Å². The zero-order chi connectivity index (χ0) is 43.7. The standard InChI is InChI=1S/C37H62N6O16/c1-27(35(50)39-26-59-25-34(48)49)41-37(52)29(3)42-36(51)28(2)40-31(45)10-13-53-15-17-55-19-21-57-23-24-58-22-20-56-18-16-54-14-11-38-30(44)7-5-4-6-12-43-32(46)8-9-33(43)47/h8-9,27-29H,4-7,10-26H2,1-3H3,(H,38,44)(H,39,50)(H,40,45)(H,41,52)(H,42,51)(H,48,49)/t27-,28-,29+/m0/s1. The minimum atomic E-state index is -1.20. The van der Waals surface area contributed by atoms with Crippen LogP contribution in [0, 0.1) is 0 Å². The number of carbonyl (C=O) groups is 8. The minimum absolute atomic E-state index is 0.00119. The maximum atomic E-state index is 12.4. The van der Waals surface area contributed by atoms with E-state index in [9.17, 15) is 38.4 Å². The molecule has 336 valence electrons. The highest BCUT2D eigenvalue weighted by Gasteiger charge is 2.24. The molecule has 0 aromatic heterocycles. The molecule has 0 aromatic rings. The van der Waals surface area contributed by atoms with Crippen LogP contribution in [-0.4, -0.2) is 181 Å². The van der Waals surface area contributed by atoms with E-state index in [4.69, 9.17) is 38.3 Å². The van der Waals surface area contributed by atoms with Crippen molar-refractivity contribution in [2.45, 2.75) is 71.0 Å². The summed E-state index contributed by atoms with van der Waals surface area (Å²) in [6.07, 6.45) is 4.97. The van der Waals surface area contributed by atoms with Crippen LogP contribution < -0.4 is 26.6 Å². The van der Waals surface area contributed by atoms with Gasteiger partial charge in [-0.1, -0.05) is 6.42 Å². The normalized spacial score (nSPS) is 13.8. The van der Waals surface area contributed by atoms with E-state index in [1.54, 1.807) is 0 Å². The molecular formula is C37H62N6O16. The molecule has 0 fully saturated rings. The number of unbranched alkanes of at least 4 members (excludes halogenated alkanes) is 2. The van der Waals surface area contributed by atoms with Gasteiger partial charge in [0.2, 0.25) is 29.5 Å². The molecule has 6 N–H and O–H groups in total. The Kier molecular flexibility index (Phi) is 29.6. The summed E-state index contributed by atoms with van der Waals surface area (Å²) in [5.41, 5.74) is 0. The first kappa shape index (κ1) is 52.4. The summed E-state index contributed by atoms with van der Waals surface area (Å²) in [7, 11) is 0. The van der Waals surface area contributed by atoms with E-state index in [1.807, 2.05) is 0 Å². The summed E-state index contributed by atoms with van der Waals surface area (Å²) in [6, 6.07) is -2.94. The third kappa shape index (κ3) is 27.7. The first-order chi connectivity index (χ1) is 28.3. The summed E-state index contributed by atoms with van der Waals surface area (Å²) in [4.78, 5) is 95.5. The molecule has 22 nitrogen and oxygen atoms in total. The third-order valence-electron chi connectivity index (χ3n) is 7.94. The Balaban J connectivity index is 1.86. The molecule has 0 saturated carbocycles. The number of imide groups is 1. The van der Waals surface area contributed by atoms with E-state index in [-0.39, 0.29) is 44.1 Å². The first-order valence-electron chi connectivity index (χ1n) is 19.6. The van der Waals surface area contributed by atoms with Gasteiger partial charge in [0.15, 0.2) is 0 Å². The van der Waals surface area contributed by atoms with E-state index >= 15 is 0 Å². The van der Waals surface area contributed by atoms with Crippen molar-refractivity contribution in [3.8, 4) is 0 Å². The summed E-state index contributed by atoms with van der Waals surface area (Å²) >= 11 is 0. The number of nitrogens with one attached hydrogen (secondary N) is 5. The Labute approximate surface area is 344 Å². The lowest BCUT2D eigenvalue weighted by molar-refractivity contribution is -0.143. The molecule has 22 heteroatoms. The van der Waals surface area contributed by atoms with Crippen molar-refractivity contribution in [1.82, 2.24) is 31.5 Å². The number of aliphatic carboxylic acids is 1. The number of hydrogen-bond donors (Lipinski definition) is 6. The zero-order valence-corrected chi connectivity index (χ0v) is 34.3. The van der Waals surface area contributed by atoms with Crippen LogP contribution in [0.1, 0.15) is 52.9 Å².